The number of carbonyl (C=O) groups is 3. The van der Waals surface area contributed by atoms with Crippen molar-refractivity contribution >= 4 is 45.5 Å². The summed E-state index contributed by atoms with van der Waals surface area (Å²) >= 11 is 0.942. The number of aryl methyl sites for hydroxylation is 2. The lowest BCUT2D eigenvalue weighted by molar-refractivity contribution is -0.132. The van der Waals surface area contributed by atoms with Crippen molar-refractivity contribution in [2.45, 2.75) is 46.6 Å². The van der Waals surface area contributed by atoms with Crippen LogP contribution in [0.4, 0.5) is 5.13 Å². The van der Waals surface area contributed by atoms with Crippen molar-refractivity contribution in [3.05, 3.63) is 75.7 Å². The molecule has 1 aliphatic rings. The number of amides is 1. The topological polar surface area (TPSA) is 133 Å². The molecule has 0 aliphatic carbocycles. The molecular formula is C31H32N4O7S. The highest BCUT2D eigenvalue weighted by Crippen LogP contribution is 2.46. The van der Waals surface area contributed by atoms with Crippen LogP contribution in [0, 0.1) is 13.8 Å². The Kier molecular flexibility index (Phi) is 8.49. The van der Waals surface area contributed by atoms with Crippen molar-refractivity contribution in [3.8, 4) is 11.5 Å². The van der Waals surface area contributed by atoms with Gasteiger partial charge >= 0.3 is 11.9 Å². The number of ketones is 1. The van der Waals surface area contributed by atoms with E-state index in [1.807, 2.05) is 6.07 Å². The average molecular weight is 605 g/mol. The van der Waals surface area contributed by atoms with Gasteiger partial charge in [0.05, 0.1) is 43.3 Å². The molecule has 1 fully saturated rings. The minimum absolute atomic E-state index is 0.115. The Morgan fingerprint density at radius 2 is 1.86 bits per heavy atom. The van der Waals surface area contributed by atoms with Gasteiger partial charge in [-0.25, -0.2) is 14.8 Å². The van der Waals surface area contributed by atoms with Crippen molar-refractivity contribution in [2.75, 3.05) is 25.2 Å². The Bertz CT molecular complexity index is 1760. The number of nitrogens with zero attached hydrogens (tertiary/aromatic N) is 4. The Morgan fingerprint density at radius 1 is 1.07 bits per heavy atom. The lowest BCUT2D eigenvalue weighted by atomic mass is 9.96. The fraction of sp³-hybridized carbons (Fsp3) is 0.323. The maximum atomic E-state index is 13.8. The SMILES string of the molecule is CCCCOc1ccc(C2/C(=C(\O)c3c(C)nc4ccccn34)C(=O)C(=O)N2c2nc(C)c(C(=O)OCC)s2)cc1OC. The van der Waals surface area contributed by atoms with Gasteiger partial charge in [-0.2, -0.15) is 0 Å². The molecule has 1 unspecified atom stereocenters. The number of rotatable bonds is 10. The van der Waals surface area contributed by atoms with Gasteiger partial charge in [-0.05, 0) is 57.0 Å². The summed E-state index contributed by atoms with van der Waals surface area (Å²) in [6.45, 7) is 7.76. The number of pyridine rings is 1. The minimum Gasteiger partial charge on any atom is -0.505 e. The third-order valence-corrected chi connectivity index (χ3v) is 8.22. The van der Waals surface area contributed by atoms with E-state index in [2.05, 4.69) is 16.9 Å². The largest absolute Gasteiger partial charge is 0.505 e. The quantitative estimate of drug-likeness (QED) is 0.0831. The van der Waals surface area contributed by atoms with Crippen molar-refractivity contribution in [1.82, 2.24) is 14.4 Å². The Labute approximate surface area is 252 Å². The summed E-state index contributed by atoms with van der Waals surface area (Å²) in [7, 11) is 1.50. The molecular weight excluding hydrogens is 572 g/mol. The molecule has 1 atom stereocenters. The highest BCUT2D eigenvalue weighted by Gasteiger charge is 2.49. The van der Waals surface area contributed by atoms with Gasteiger partial charge in [0, 0.05) is 6.20 Å². The van der Waals surface area contributed by atoms with E-state index >= 15 is 0 Å². The maximum absolute atomic E-state index is 13.8. The van der Waals surface area contributed by atoms with E-state index in [4.69, 9.17) is 14.2 Å². The van der Waals surface area contributed by atoms with Crippen molar-refractivity contribution in [1.29, 1.82) is 0 Å². The van der Waals surface area contributed by atoms with E-state index < -0.39 is 23.7 Å². The van der Waals surface area contributed by atoms with Crippen LogP contribution in [0.2, 0.25) is 0 Å². The molecule has 0 radical (unpaired) electrons. The molecule has 1 aliphatic heterocycles. The summed E-state index contributed by atoms with van der Waals surface area (Å²) in [5.41, 5.74) is 2.00. The molecule has 4 aromatic rings. The van der Waals surface area contributed by atoms with Gasteiger partial charge in [-0.15, -0.1) is 0 Å². The van der Waals surface area contributed by atoms with Crippen LogP contribution in [-0.4, -0.2) is 57.5 Å². The minimum atomic E-state index is -1.10. The third-order valence-electron chi connectivity index (χ3n) is 7.08. The normalized spacial score (nSPS) is 16.2. The molecule has 1 aromatic carbocycles. The lowest BCUT2D eigenvalue weighted by Gasteiger charge is -2.24. The first-order valence-electron chi connectivity index (χ1n) is 13.9. The van der Waals surface area contributed by atoms with Gasteiger partial charge in [0.1, 0.15) is 16.2 Å². The van der Waals surface area contributed by atoms with Gasteiger partial charge in [0.2, 0.25) is 0 Å². The van der Waals surface area contributed by atoms with Crippen molar-refractivity contribution < 1.29 is 33.7 Å². The molecule has 0 spiro atoms. The number of imidazole rings is 1. The fourth-order valence-corrected chi connectivity index (χ4v) is 6.03. The van der Waals surface area contributed by atoms with Crippen LogP contribution in [0.25, 0.3) is 11.4 Å². The number of unbranched alkanes of at least 4 members (excludes halogenated alkanes) is 1. The molecule has 11 nitrogen and oxygen atoms in total. The maximum Gasteiger partial charge on any atom is 0.350 e. The van der Waals surface area contributed by atoms with Crippen LogP contribution >= 0.6 is 11.3 Å². The molecule has 224 valence electrons. The molecule has 0 saturated carbocycles. The molecule has 4 heterocycles. The number of aliphatic hydroxyl groups is 1. The molecule has 1 amide bonds. The number of hydrogen-bond donors (Lipinski definition) is 1. The third kappa shape index (κ3) is 5.34. The zero-order valence-corrected chi connectivity index (χ0v) is 25.4. The number of fused-ring (bicyclic) bond motifs is 1. The van der Waals surface area contributed by atoms with Crippen LogP contribution in [0.3, 0.4) is 0 Å². The van der Waals surface area contributed by atoms with Gasteiger partial charge in [0.15, 0.2) is 22.4 Å². The Morgan fingerprint density at radius 3 is 2.58 bits per heavy atom. The fourth-order valence-electron chi connectivity index (χ4n) is 5.04. The van der Waals surface area contributed by atoms with Gasteiger partial charge < -0.3 is 19.3 Å². The molecule has 5 rings (SSSR count). The zero-order chi connectivity index (χ0) is 30.8. The number of hydrogen-bond acceptors (Lipinski definition) is 10. The number of aromatic nitrogens is 3. The molecule has 12 heteroatoms. The zero-order valence-electron chi connectivity index (χ0n) is 24.5. The molecule has 1 saturated heterocycles. The van der Waals surface area contributed by atoms with Gasteiger partial charge in [-0.3, -0.25) is 18.9 Å². The number of anilines is 1. The molecule has 3 aromatic heterocycles. The number of carbonyl (C=O) groups excluding carboxylic acids is 3. The van der Waals surface area contributed by atoms with E-state index in [0.717, 1.165) is 24.2 Å². The summed E-state index contributed by atoms with van der Waals surface area (Å²) < 4.78 is 18.3. The van der Waals surface area contributed by atoms with E-state index in [0.29, 0.717) is 40.7 Å². The first-order valence-corrected chi connectivity index (χ1v) is 14.7. The smallest absolute Gasteiger partial charge is 0.350 e. The van der Waals surface area contributed by atoms with Crippen LogP contribution in [0.15, 0.2) is 48.2 Å². The summed E-state index contributed by atoms with van der Waals surface area (Å²) in [6, 6.07) is 9.36. The molecule has 43 heavy (non-hydrogen) atoms. The predicted molar refractivity (Wildman–Crippen MR) is 161 cm³/mol. The Hall–Kier alpha value is -4.71. The van der Waals surface area contributed by atoms with Gasteiger partial charge in [0.25, 0.3) is 5.78 Å². The second kappa shape index (κ2) is 12.3. The van der Waals surface area contributed by atoms with Crippen LogP contribution in [0.1, 0.15) is 65.0 Å². The highest BCUT2D eigenvalue weighted by atomic mass is 32.1. The predicted octanol–water partition coefficient (Wildman–Crippen LogP) is 5.40. The monoisotopic (exact) mass is 604 g/mol. The summed E-state index contributed by atoms with van der Waals surface area (Å²) in [6.07, 6.45) is 3.53. The van der Waals surface area contributed by atoms with Crippen LogP contribution < -0.4 is 14.4 Å². The van der Waals surface area contributed by atoms with Crippen molar-refractivity contribution in [2.24, 2.45) is 0 Å². The van der Waals surface area contributed by atoms with E-state index in [1.54, 1.807) is 61.7 Å². The first-order chi connectivity index (χ1) is 20.7. The number of benzene rings is 1. The highest BCUT2D eigenvalue weighted by molar-refractivity contribution is 7.17. The second-order valence-electron chi connectivity index (χ2n) is 9.89. The molecule has 1 N–H and O–H groups in total. The molecule has 0 bridgehead atoms. The lowest BCUT2D eigenvalue weighted by Crippen LogP contribution is -2.29. The summed E-state index contributed by atoms with van der Waals surface area (Å²) in [4.78, 5) is 50.5. The summed E-state index contributed by atoms with van der Waals surface area (Å²) in [5, 5.41) is 11.9. The average Bonchev–Trinajstić information content (AvgIpc) is 3.63. The van der Waals surface area contributed by atoms with E-state index in [-0.39, 0.29) is 33.6 Å². The number of thiazole rings is 1. The van der Waals surface area contributed by atoms with E-state index in [1.165, 1.54) is 12.0 Å². The Balaban J connectivity index is 1.72. The van der Waals surface area contributed by atoms with Crippen LogP contribution in [-0.2, 0) is 14.3 Å². The van der Waals surface area contributed by atoms with Gasteiger partial charge in [-0.1, -0.05) is 36.8 Å². The van der Waals surface area contributed by atoms with E-state index in [9.17, 15) is 19.5 Å². The second-order valence-corrected chi connectivity index (χ2v) is 10.9. The number of ether oxygens (including phenoxy) is 3. The van der Waals surface area contributed by atoms with Crippen LogP contribution in [0.5, 0.6) is 11.5 Å². The number of Topliss-reactive ketones (excluding diaryl/α,β-unsaturated/α-hetero) is 1. The first kappa shape index (κ1) is 29.8. The van der Waals surface area contributed by atoms with Crippen molar-refractivity contribution in [3.63, 3.8) is 0 Å². The standard InChI is InChI=1S/C31H32N4O7S/c1-6-8-15-42-20-13-12-19(16-21(20)40-5)25-23(26(36)24-17(3)32-22-11-9-10-14-34(22)24)27(37)29(38)35(25)31-33-18(4)28(43-31)30(39)41-7-2/h9-14,16,25,36H,6-8,15H2,1-5H3/b26-23+. The number of esters is 1. The number of methoxy groups -OCH3 is 1. The number of aliphatic hydroxyl groups excluding tert-OH is 1. The summed E-state index contributed by atoms with van der Waals surface area (Å²) in [5.74, 6) is -1.86.